The van der Waals surface area contributed by atoms with Crippen LogP contribution in [0.15, 0.2) is 18.2 Å². The molecule has 24 heavy (non-hydrogen) atoms. The fraction of sp³-hybridized carbons (Fsp3) is 0.467. The predicted molar refractivity (Wildman–Crippen MR) is 76.8 cm³/mol. The van der Waals surface area contributed by atoms with Crippen molar-refractivity contribution in [2.75, 3.05) is 0 Å². The van der Waals surface area contributed by atoms with E-state index >= 15 is 0 Å². The largest absolute Gasteiger partial charge is 0.573 e. The van der Waals surface area contributed by atoms with Crippen molar-refractivity contribution in [2.24, 2.45) is 0 Å². The number of hydrogen-bond donors (Lipinski definition) is 1. The van der Waals surface area contributed by atoms with Crippen molar-refractivity contribution in [3.63, 3.8) is 0 Å². The lowest BCUT2D eigenvalue weighted by Gasteiger charge is -2.24. The molecule has 0 bridgehead atoms. The molecule has 1 aliphatic rings. The number of ether oxygens (including phenoxy) is 1. The zero-order valence-electron chi connectivity index (χ0n) is 12.9. The number of halogens is 4. The van der Waals surface area contributed by atoms with E-state index in [2.05, 4.69) is 20.1 Å². The van der Waals surface area contributed by atoms with Gasteiger partial charge >= 0.3 is 6.36 Å². The second kappa shape index (κ2) is 6.39. The maximum absolute atomic E-state index is 13.9. The summed E-state index contributed by atoms with van der Waals surface area (Å²) in [5.41, 5.74) is -0.143. The van der Waals surface area contributed by atoms with Gasteiger partial charge in [-0.05, 0) is 25.5 Å². The van der Waals surface area contributed by atoms with Crippen molar-refractivity contribution in [3.8, 4) is 5.75 Å². The Kier molecular flexibility index (Phi) is 4.44. The van der Waals surface area contributed by atoms with Crippen molar-refractivity contribution in [1.29, 1.82) is 0 Å². The molecule has 0 unspecified atom stereocenters. The molecule has 2 heterocycles. The Balaban J connectivity index is 1.69. The van der Waals surface area contributed by atoms with Gasteiger partial charge in [-0.25, -0.2) is 14.1 Å². The predicted octanol–water partition coefficient (Wildman–Crippen LogP) is 2.73. The van der Waals surface area contributed by atoms with Gasteiger partial charge in [0.15, 0.2) is 0 Å². The summed E-state index contributed by atoms with van der Waals surface area (Å²) >= 11 is 0. The summed E-state index contributed by atoms with van der Waals surface area (Å²) in [4.78, 5) is 4.29. The first-order valence-electron chi connectivity index (χ1n) is 7.48. The van der Waals surface area contributed by atoms with E-state index < -0.39 is 17.9 Å². The summed E-state index contributed by atoms with van der Waals surface area (Å²) < 4.78 is 56.9. The molecule has 5 nitrogen and oxygen atoms in total. The quantitative estimate of drug-likeness (QED) is 0.867. The molecular formula is C15H16F4N4O. The number of alkyl halides is 3. The minimum atomic E-state index is -4.86. The van der Waals surface area contributed by atoms with E-state index in [-0.39, 0.29) is 18.2 Å². The van der Waals surface area contributed by atoms with Crippen molar-refractivity contribution < 1.29 is 22.3 Å². The van der Waals surface area contributed by atoms with E-state index in [1.54, 1.807) is 11.6 Å². The van der Waals surface area contributed by atoms with Crippen molar-refractivity contribution >= 4 is 0 Å². The second-order valence-corrected chi connectivity index (χ2v) is 5.64. The first-order valence-corrected chi connectivity index (χ1v) is 7.48. The van der Waals surface area contributed by atoms with Crippen LogP contribution in [-0.4, -0.2) is 27.2 Å². The summed E-state index contributed by atoms with van der Waals surface area (Å²) in [6.45, 7) is 2.28. The van der Waals surface area contributed by atoms with Crippen LogP contribution in [0.3, 0.4) is 0 Å². The Morgan fingerprint density at radius 2 is 2.17 bits per heavy atom. The van der Waals surface area contributed by atoms with Crippen LogP contribution in [0.25, 0.3) is 0 Å². The fourth-order valence-electron chi connectivity index (χ4n) is 2.78. The molecule has 1 aromatic heterocycles. The zero-order valence-corrected chi connectivity index (χ0v) is 12.9. The molecule has 1 N–H and O–H groups in total. The molecule has 0 fully saturated rings. The standard InChI is InChI=1S/C15H16F4N4O/c1-9-21-14-6-5-10(8-23(14)22-9)20-7-11-12(16)3-2-4-13(11)24-15(17,18)19/h2-4,10,20H,5-8H2,1H3/t10-/m1/s1. The van der Waals surface area contributed by atoms with Gasteiger partial charge in [0.05, 0.1) is 6.54 Å². The van der Waals surface area contributed by atoms with Gasteiger partial charge in [-0.15, -0.1) is 13.2 Å². The van der Waals surface area contributed by atoms with E-state index in [0.717, 1.165) is 24.4 Å². The van der Waals surface area contributed by atoms with Gasteiger partial charge in [-0.2, -0.15) is 5.10 Å². The van der Waals surface area contributed by atoms with Gasteiger partial charge in [0, 0.05) is 24.6 Å². The molecule has 0 spiro atoms. The highest BCUT2D eigenvalue weighted by Crippen LogP contribution is 2.28. The highest BCUT2D eigenvalue weighted by molar-refractivity contribution is 5.34. The van der Waals surface area contributed by atoms with Crippen LogP contribution in [0.4, 0.5) is 17.6 Å². The first-order chi connectivity index (χ1) is 11.3. The number of benzene rings is 1. The van der Waals surface area contributed by atoms with Crippen molar-refractivity contribution in [1.82, 2.24) is 20.1 Å². The Morgan fingerprint density at radius 3 is 2.92 bits per heavy atom. The number of rotatable bonds is 4. The number of nitrogens with zero attached hydrogens (tertiary/aromatic N) is 3. The molecular weight excluding hydrogens is 328 g/mol. The summed E-state index contributed by atoms with van der Waals surface area (Å²) in [5, 5.41) is 7.34. The van der Waals surface area contributed by atoms with E-state index in [1.165, 1.54) is 6.07 Å². The van der Waals surface area contributed by atoms with E-state index in [1.807, 2.05) is 0 Å². The Labute approximate surface area is 135 Å². The first kappa shape index (κ1) is 16.7. The topological polar surface area (TPSA) is 52.0 Å². The van der Waals surface area contributed by atoms with Gasteiger partial charge in [0.2, 0.25) is 0 Å². The molecule has 0 saturated carbocycles. The monoisotopic (exact) mass is 344 g/mol. The third kappa shape index (κ3) is 3.84. The summed E-state index contributed by atoms with van der Waals surface area (Å²) in [5.74, 6) is 0.304. The highest BCUT2D eigenvalue weighted by Gasteiger charge is 2.32. The van der Waals surface area contributed by atoms with E-state index in [4.69, 9.17) is 0 Å². The molecule has 1 aliphatic heterocycles. The fourth-order valence-corrected chi connectivity index (χ4v) is 2.78. The lowest BCUT2D eigenvalue weighted by atomic mass is 10.1. The smallest absolute Gasteiger partial charge is 0.405 e. The molecule has 2 aromatic rings. The lowest BCUT2D eigenvalue weighted by molar-refractivity contribution is -0.275. The van der Waals surface area contributed by atoms with Crippen LogP contribution >= 0.6 is 0 Å². The van der Waals surface area contributed by atoms with Crippen LogP contribution in [0.5, 0.6) is 5.75 Å². The van der Waals surface area contributed by atoms with Gasteiger partial charge in [-0.1, -0.05) is 6.07 Å². The summed E-state index contributed by atoms with van der Waals surface area (Å²) in [6, 6.07) is 3.37. The highest BCUT2D eigenvalue weighted by atomic mass is 19.4. The summed E-state index contributed by atoms with van der Waals surface area (Å²) in [7, 11) is 0. The Bertz CT molecular complexity index is 729. The molecule has 0 saturated heterocycles. The lowest BCUT2D eigenvalue weighted by Crippen LogP contribution is -2.37. The maximum Gasteiger partial charge on any atom is 0.573 e. The molecule has 0 aliphatic carbocycles. The minimum absolute atomic E-state index is 0.0306. The Hall–Kier alpha value is -2.16. The summed E-state index contributed by atoms with van der Waals surface area (Å²) in [6.07, 6.45) is -3.40. The average molecular weight is 344 g/mol. The van der Waals surface area contributed by atoms with Crippen LogP contribution in [0.2, 0.25) is 0 Å². The minimum Gasteiger partial charge on any atom is -0.405 e. The molecule has 0 amide bonds. The second-order valence-electron chi connectivity index (χ2n) is 5.64. The zero-order chi connectivity index (χ0) is 17.3. The number of nitrogens with one attached hydrogen (secondary N) is 1. The van der Waals surface area contributed by atoms with Gasteiger partial charge < -0.3 is 10.1 Å². The van der Waals surface area contributed by atoms with Crippen molar-refractivity contribution in [3.05, 3.63) is 41.2 Å². The molecule has 0 radical (unpaired) electrons. The molecule has 3 rings (SSSR count). The van der Waals surface area contributed by atoms with E-state index in [9.17, 15) is 17.6 Å². The van der Waals surface area contributed by atoms with Crippen molar-refractivity contribution in [2.45, 2.75) is 45.3 Å². The van der Waals surface area contributed by atoms with Crippen LogP contribution in [0.1, 0.15) is 23.6 Å². The number of fused-ring (bicyclic) bond motifs is 1. The third-order valence-corrected chi connectivity index (χ3v) is 3.83. The normalized spacial score (nSPS) is 17.6. The SMILES string of the molecule is Cc1nc2n(n1)C[C@H](NCc1c(F)cccc1OC(F)(F)F)CC2. The van der Waals surface area contributed by atoms with Gasteiger partial charge in [-0.3, -0.25) is 0 Å². The third-order valence-electron chi connectivity index (χ3n) is 3.83. The van der Waals surface area contributed by atoms with Crippen LogP contribution in [-0.2, 0) is 19.5 Å². The number of aromatic nitrogens is 3. The van der Waals surface area contributed by atoms with Crippen LogP contribution < -0.4 is 10.1 Å². The van der Waals surface area contributed by atoms with Gasteiger partial charge in [0.1, 0.15) is 23.2 Å². The molecule has 9 heteroatoms. The molecule has 1 aromatic carbocycles. The van der Waals surface area contributed by atoms with Crippen LogP contribution in [0, 0.1) is 12.7 Å². The van der Waals surface area contributed by atoms with E-state index in [0.29, 0.717) is 18.8 Å². The average Bonchev–Trinajstić information content (AvgIpc) is 2.84. The molecule has 1 atom stereocenters. The Morgan fingerprint density at radius 1 is 1.38 bits per heavy atom. The number of aryl methyl sites for hydroxylation is 2. The molecule has 130 valence electrons. The number of hydrogen-bond acceptors (Lipinski definition) is 4. The maximum atomic E-state index is 13.9. The van der Waals surface area contributed by atoms with Gasteiger partial charge in [0.25, 0.3) is 0 Å².